The van der Waals surface area contributed by atoms with Crippen LogP contribution in [0.2, 0.25) is 0 Å². The van der Waals surface area contributed by atoms with Crippen LogP contribution in [0.4, 0.5) is 0 Å². The van der Waals surface area contributed by atoms with Crippen molar-refractivity contribution in [2.24, 2.45) is 0 Å². The van der Waals surface area contributed by atoms with Gasteiger partial charge in [0.05, 0.1) is 18.5 Å². The first kappa shape index (κ1) is 11.5. The van der Waals surface area contributed by atoms with E-state index in [9.17, 15) is 0 Å². The minimum absolute atomic E-state index is 0.340. The second kappa shape index (κ2) is 7.17. The third-order valence-corrected chi connectivity index (χ3v) is 1.34. The summed E-state index contributed by atoms with van der Waals surface area (Å²) in [5.74, 6) is 0.791. The molecule has 0 aliphatic carbocycles. The zero-order valence-corrected chi connectivity index (χ0v) is 8.43. The molecule has 0 saturated heterocycles. The lowest BCUT2D eigenvalue weighted by atomic mass is 10.3. The molecule has 12 heavy (non-hydrogen) atoms. The van der Waals surface area contributed by atoms with Gasteiger partial charge in [-0.1, -0.05) is 6.58 Å². The Labute approximate surface area is 75.6 Å². The molecule has 0 atom stereocenters. The summed E-state index contributed by atoms with van der Waals surface area (Å²) in [5.41, 5.74) is 0. The Hall–Kier alpha value is -0.500. The van der Waals surface area contributed by atoms with E-state index in [1.165, 1.54) is 0 Å². The van der Waals surface area contributed by atoms with Crippen molar-refractivity contribution >= 4 is 0 Å². The molecule has 72 valence electrons. The number of ether oxygens (including phenoxy) is 2. The van der Waals surface area contributed by atoms with Crippen LogP contribution in [0.3, 0.4) is 0 Å². The summed E-state index contributed by atoms with van der Waals surface area (Å²) in [4.78, 5) is 0. The Balaban J connectivity index is 2.96. The fraction of sp³-hybridized carbons (Fsp3) is 0.800. The van der Waals surface area contributed by atoms with E-state index >= 15 is 0 Å². The highest BCUT2D eigenvalue weighted by molar-refractivity contribution is 4.73. The van der Waals surface area contributed by atoms with Crippen molar-refractivity contribution in [3.05, 3.63) is 12.3 Å². The van der Waals surface area contributed by atoms with Gasteiger partial charge < -0.3 is 9.47 Å². The first-order chi connectivity index (χ1) is 5.63. The van der Waals surface area contributed by atoms with Crippen LogP contribution in [-0.2, 0) is 9.47 Å². The van der Waals surface area contributed by atoms with Crippen LogP contribution in [0.25, 0.3) is 0 Å². The fourth-order valence-electron chi connectivity index (χ4n) is 0.770. The molecule has 2 nitrogen and oxygen atoms in total. The molecule has 0 N–H and O–H groups in total. The minimum Gasteiger partial charge on any atom is -0.499 e. The van der Waals surface area contributed by atoms with Crippen molar-refractivity contribution in [1.29, 1.82) is 0 Å². The van der Waals surface area contributed by atoms with Crippen molar-refractivity contribution in [3.8, 4) is 0 Å². The standard InChI is InChI=1S/C10H20O2/c1-9(2)11-7-5-6-8-12-10(3)4/h10H,1,5-8H2,2-4H3. The molecule has 0 aromatic heterocycles. The van der Waals surface area contributed by atoms with Crippen molar-refractivity contribution in [2.75, 3.05) is 13.2 Å². The van der Waals surface area contributed by atoms with Gasteiger partial charge in [-0.05, 0) is 33.6 Å². The molecule has 0 saturated carbocycles. The fourth-order valence-corrected chi connectivity index (χ4v) is 0.770. The normalized spacial score (nSPS) is 10.3. The summed E-state index contributed by atoms with van der Waals surface area (Å²) >= 11 is 0. The Morgan fingerprint density at radius 2 is 1.83 bits per heavy atom. The zero-order valence-electron chi connectivity index (χ0n) is 8.43. The molecule has 0 radical (unpaired) electrons. The molecule has 0 aliphatic heterocycles. The molecular weight excluding hydrogens is 152 g/mol. The van der Waals surface area contributed by atoms with Crippen molar-refractivity contribution < 1.29 is 9.47 Å². The van der Waals surface area contributed by atoms with Crippen molar-refractivity contribution in [1.82, 2.24) is 0 Å². The van der Waals surface area contributed by atoms with Crippen molar-refractivity contribution in [2.45, 2.75) is 39.7 Å². The molecule has 0 heterocycles. The SMILES string of the molecule is C=C(C)OCCCCOC(C)C. The third-order valence-electron chi connectivity index (χ3n) is 1.34. The van der Waals surface area contributed by atoms with Gasteiger partial charge in [0.2, 0.25) is 0 Å². The largest absolute Gasteiger partial charge is 0.499 e. The molecule has 0 bridgehead atoms. The molecule has 2 heteroatoms. The maximum atomic E-state index is 5.37. The monoisotopic (exact) mass is 172 g/mol. The van der Waals surface area contributed by atoms with Gasteiger partial charge >= 0.3 is 0 Å². The lowest BCUT2D eigenvalue weighted by Gasteiger charge is -2.07. The van der Waals surface area contributed by atoms with Crippen LogP contribution < -0.4 is 0 Å². The first-order valence-corrected chi connectivity index (χ1v) is 4.53. The second-order valence-corrected chi connectivity index (χ2v) is 3.18. The van der Waals surface area contributed by atoms with Gasteiger partial charge in [-0.2, -0.15) is 0 Å². The molecule has 0 aromatic rings. The summed E-state index contributed by atoms with van der Waals surface area (Å²) in [7, 11) is 0. The van der Waals surface area contributed by atoms with Crippen LogP contribution in [0, 0.1) is 0 Å². The lowest BCUT2D eigenvalue weighted by Crippen LogP contribution is -2.04. The first-order valence-electron chi connectivity index (χ1n) is 4.53. The maximum absolute atomic E-state index is 5.37. The molecule has 0 amide bonds. The lowest BCUT2D eigenvalue weighted by molar-refractivity contribution is 0.0716. The highest BCUT2D eigenvalue weighted by atomic mass is 16.5. The van der Waals surface area contributed by atoms with Crippen LogP contribution in [0.15, 0.2) is 12.3 Å². The average Bonchev–Trinajstić information content (AvgIpc) is 1.95. The number of hydrogen-bond acceptors (Lipinski definition) is 2. The Kier molecular flexibility index (Phi) is 6.87. The maximum Gasteiger partial charge on any atom is 0.0877 e. The van der Waals surface area contributed by atoms with E-state index < -0.39 is 0 Å². The predicted molar refractivity (Wildman–Crippen MR) is 51.1 cm³/mol. The average molecular weight is 172 g/mol. The molecule has 0 rings (SSSR count). The Morgan fingerprint density at radius 1 is 1.25 bits per heavy atom. The van der Waals surface area contributed by atoms with Gasteiger partial charge in [-0.25, -0.2) is 0 Å². The molecule has 0 unspecified atom stereocenters. The third kappa shape index (κ3) is 9.50. The molecule has 0 aliphatic rings. The van der Waals surface area contributed by atoms with Gasteiger partial charge in [0.15, 0.2) is 0 Å². The second-order valence-electron chi connectivity index (χ2n) is 3.18. The number of allylic oxidation sites excluding steroid dienone is 1. The number of rotatable bonds is 7. The van der Waals surface area contributed by atoms with Crippen molar-refractivity contribution in [3.63, 3.8) is 0 Å². The summed E-state index contributed by atoms with van der Waals surface area (Å²) < 4.78 is 10.6. The van der Waals surface area contributed by atoms with E-state index in [0.29, 0.717) is 6.10 Å². The summed E-state index contributed by atoms with van der Waals surface area (Å²) in [5, 5.41) is 0. The van der Waals surface area contributed by atoms with E-state index in [2.05, 4.69) is 6.58 Å². The predicted octanol–water partition coefficient (Wildman–Crippen LogP) is 2.74. The van der Waals surface area contributed by atoms with Crippen LogP contribution in [0.5, 0.6) is 0 Å². The van der Waals surface area contributed by atoms with Gasteiger partial charge in [-0.3, -0.25) is 0 Å². The van der Waals surface area contributed by atoms with Gasteiger partial charge in [0.1, 0.15) is 0 Å². The van der Waals surface area contributed by atoms with E-state index in [0.717, 1.165) is 31.8 Å². The topological polar surface area (TPSA) is 18.5 Å². The number of unbranched alkanes of at least 4 members (excludes halogenated alkanes) is 1. The highest BCUT2D eigenvalue weighted by Gasteiger charge is 1.93. The smallest absolute Gasteiger partial charge is 0.0877 e. The molecular formula is C10H20O2. The summed E-state index contributed by atoms with van der Waals surface area (Å²) in [6, 6.07) is 0. The van der Waals surface area contributed by atoms with E-state index in [-0.39, 0.29) is 0 Å². The quantitative estimate of drug-likeness (QED) is 0.434. The summed E-state index contributed by atoms with van der Waals surface area (Å²) in [6.07, 6.45) is 2.44. The Bertz CT molecular complexity index is 119. The summed E-state index contributed by atoms with van der Waals surface area (Å²) in [6.45, 7) is 11.2. The Morgan fingerprint density at radius 3 is 2.33 bits per heavy atom. The van der Waals surface area contributed by atoms with Gasteiger partial charge in [-0.15, -0.1) is 0 Å². The number of hydrogen-bond donors (Lipinski definition) is 0. The van der Waals surface area contributed by atoms with Gasteiger partial charge in [0.25, 0.3) is 0 Å². The van der Waals surface area contributed by atoms with E-state index in [4.69, 9.17) is 9.47 Å². The zero-order chi connectivity index (χ0) is 9.40. The molecule has 0 aromatic carbocycles. The molecule has 0 spiro atoms. The van der Waals surface area contributed by atoms with Gasteiger partial charge in [0, 0.05) is 6.61 Å². The minimum atomic E-state index is 0.340. The van der Waals surface area contributed by atoms with Crippen LogP contribution in [-0.4, -0.2) is 19.3 Å². The van der Waals surface area contributed by atoms with E-state index in [1.54, 1.807) is 0 Å². The van der Waals surface area contributed by atoms with E-state index in [1.807, 2.05) is 20.8 Å². The molecule has 0 fully saturated rings. The van der Waals surface area contributed by atoms with Crippen LogP contribution in [0.1, 0.15) is 33.6 Å². The highest BCUT2D eigenvalue weighted by Crippen LogP contribution is 1.97. The van der Waals surface area contributed by atoms with Crippen LogP contribution >= 0.6 is 0 Å².